The van der Waals surface area contributed by atoms with E-state index in [1.54, 1.807) is 6.92 Å². The number of anilines is 1. The van der Waals surface area contributed by atoms with Crippen LogP contribution in [0.15, 0.2) is 0 Å². The van der Waals surface area contributed by atoms with Crippen LogP contribution in [-0.4, -0.2) is 67.6 Å². The lowest BCUT2D eigenvalue weighted by atomic mass is 10.1. The Morgan fingerprint density at radius 3 is 2.32 bits per heavy atom. The lowest BCUT2D eigenvalue weighted by molar-refractivity contribution is -0.117. The summed E-state index contributed by atoms with van der Waals surface area (Å²) in [6.45, 7) is 13.5. The largest absolute Gasteiger partial charge is 0.462 e. The summed E-state index contributed by atoms with van der Waals surface area (Å²) in [4.78, 5) is 30.4. The minimum Gasteiger partial charge on any atom is -0.462 e. The first-order valence-electron chi connectivity index (χ1n) is 9.04. The molecule has 1 aliphatic rings. The first kappa shape index (κ1) is 19.9. The van der Waals surface area contributed by atoms with Crippen molar-refractivity contribution in [2.24, 2.45) is 0 Å². The fourth-order valence-electron chi connectivity index (χ4n) is 3.14. The summed E-state index contributed by atoms with van der Waals surface area (Å²) in [5.74, 6) is -0.421. The average Bonchev–Trinajstić information content (AvgIpc) is 2.90. The average molecular weight is 368 g/mol. The number of nitrogens with zero attached hydrogens (tertiary/aromatic N) is 2. The summed E-state index contributed by atoms with van der Waals surface area (Å²) in [5, 5.41) is 3.56. The Bertz CT molecular complexity index is 607. The number of piperazine rings is 1. The maximum Gasteiger partial charge on any atom is 0.341 e. The number of thiophene rings is 1. The molecule has 2 rings (SSSR count). The zero-order chi connectivity index (χ0) is 18.4. The van der Waals surface area contributed by atoms with Crippen molar-refractivity contribution in [1.29, 1.82) is 0 Å². The van der Waals surface area contributed by atoms with Crippen molar-refractivity contribution in [1.82, 2.24) is 9.80 Å². The zero-order valence-electron chi connectivity index (χ0n) is 15.7. The van der Waals surface area contributed by atoms with Gasteiger partial charge in [0.1, 0.15) is 5.00 Å². The molecule has 0 bridgehead atoms. The maximum atomic E-state index is 12.5. The Morgan fingerprint density at radius 2 is 1.76 bits per heavy atom. The van der Waals surface area contributed by atoms with E-state index in [9.17, 15) is 9.59 Å². The summed E-state index contributed by atoms with van der Waals surface area (Å²) < 4.78 is 5.18. The second kappa shape index (κ2) is 9.31. The monoisotopic (exact) mass is 367 g/mol. The van der Waals surface area contributed by atoms with E-state index in [2.05, 4.69) is 22.0 Å². The molecule has 0 saturated carbocycles. The molecule has 6 nitrogen and oxygen atoms in total. The second-order valence-corrected chi connectivity index (χ2v) is 7.40. The molecule has 0 aliphatic carbocycles. The van der Waals surface area contributed by atoms with Crippen molar-refractivity contribution in [3.05, 3.63) is 16.0 Å². The molecule has 1 aromatic heterocycles. The number of nitrogens with one attached hydrogen (secondary N) is 1. The van der Waals surface area contributed by atoms with Crippen LogP contribution in [0.1, 0.15) is 41.6 Å². The van der Waals surface area contributed by atoms with E-state index in [1.165, 1.54) is 11.3 Å². The highest BCUT2D eigenvalue weighted by atomic mass is 32.1. The van der Waals surface area contributed by atoms with Gasteiger partial charge in [-0.3, -0.25) is 9.69 Å². The van der Waals surface area contributed by atoms with Crippen LogP contribution in [0.25, 0.3) is 0 Å². The molecule has 25 heavy (non-hydrogen) atoms. The molecule has 0 unspecified atom stereocenters. The third kappa shape index (κ3) is 5.03. The minimum absolute atomic E-state index is 0.0700. The third-order valence-corrected chi connectivity index (χ3v) is 5.64. The number of carbonyl (C=O) groups excluding carboxylic acids is 2. The number of carbonyl (C=O) groups is 2. The Hall–Kier alpha value is -1.44. The second-order valence-electron chi connectivity index (χ2n) is 6.17. The van der Waals surface area contributed by atoms with Crippen LogP contribution < -0.4 is 5.32 Å². The van der Waals surface area contributed by atoms with Gasteiger partial charge >= 0.3 is 5.97 Å². The summed E-state index contributed by atoms with van der Waals surface area (Å²) in [6.07, 6.45) is 0.741. The molecule has 140 valence electrons. The molecule has 1 aromatic rings. The number of ether oxygens (including phenoxy) is 1. The summed E-state index contributed by atoms with van der Waals surface area (Å²) >= 11 is 1.45. The normalized spacial score (nSPS) is 16.0. The summed E-state index contributed by atoms with van der Waals surface area (Å²) in [5.41, 5.74) is 1.49. The van der Waals surface area contributed by atoms with Gasteiger partial charge in [-0.05, 0) is 32.4 Å². The van der Waals surface area contributed by atoms with E-state index >= 15 is 0 Å². The molecule has 1 aliphatic heterocycles. The quantitative estimate of drug-likeness (QED) is 0.750. The molecule has 0 radical (unpaired) electrons. The van der Waals surface area contributed by atoms with E-state index < -0.39 is 0 Å². The molecular formula is C18H29N3O3S. The van der Waals surface area contributed by atoms with E-state index in [4.69, 9.17) is 4.74 Å². The molecule has 2 heterocycles. The highest BCUT2D eigenvalue weighted by Crippen LogP contribution is 2.34. The maximum absolute atomic E-state index is 12.5. The molecule has 1 fully saturated rings. The smallest absolute Gasteiger partial charge is 0.341 e. The number of esters is 1. The lowest BCUT2D eigenvalue weighted by Gasteiger charge is -2.33. The van der Waals surface area contributed by atoms with Gasteiger partial charge in [0.25, 0.3) is 0 Å². The molecule has 1 saturated heterocycles. The molecule has 0 atom stereocenters. The van der Waals surface area contributed by atoms with Crippen molar-refractivity contribution in [2.45, 2.75) is 34.1 Å². The molecule has 0 aromatic carbocycles. The van der Waals surface area contributed by atoms with Crippen LogP contribution >= 0.6 is 11.3 Å². The SMILES string of the molecule is CCOC(=O)c1c(NC(=O)CN2CCN(CC)CC2)sc(C)c1CC. The number of hydrogen-bond acceptors (Lipinski definition) is 6. The van der Waals surface area contributed by atoms with Crippen molar-refractivity contribution in [3.63, 3.8) is 0 Å². The molecule has 7 heteroatoms. The van der Waals surface area contributed by atoms with E-state index in [0.717, 1.165) is 49.6 Å². The number of amides is 1. The number of likely N-dealkylation sites (N-methyl/N-ethyl adjacent to an activating group) is 1. The summed E-state index contributed by atoms with van der Waals surface area (Å²) in [7, 11) is 0. The van der Waals surface area contributed by atoms with Crippen LogP contribution in [0, 0.1) is 6.92 Å². The Balaban J connectivity index is 2.04. The standard InChI is InChI=1S/C18H29N3O3S/c1-5-14-13(4)25-17(16(14)18(23)24-7-3)19-15(22)12-21-10-8-20(6-2)9-11-21/h5-12H2,1-4H3,(H,19,22). The van der Waals surface area contributed by atoms with Gasteiger partial charge in [-0.15, -0.1) is 11.3 Å². The fourth-order valence-corrected chi connectivity index (χ4v) is 4.29. The fraction of sp³-hybridized carbons (Fsp3) is 0.667. The van der Waals surface area contributed by atoms with E-state index in [0.29, 0.717) is 23.7 Å². The Kier molecular flexibility index (Phi) is 7.40. The first-order chi connectivity index (χ1) is 12.0. The van der Waals surface area contributed by atoms with Crippen molar-refractivity contribution >= 4 is 28.2 Å². The molecule has 1 N–H and O–H groups in total. The zero-order valence-corrected chi connectivity index (χ0v) is 16.5. The predicted molar refractivity (Wildman–Crippen MR) is 102 cm³/mol. The van der Waals surface area contributed by atoms with Gasteiger partial charge in [-0.1, -0.05) is 13.8 Å². The van der Waals surface area contributed by atoms with Crippen molar-refractivity contribution in [2.75, 3.05) is 51.2 Å². The summed E-state index contributed by atoms with van der Waals surface area (Å²) in [6, 6.07) is 0. The van der Waals surface area contributed by atoms with E-state index in [1.807, 2.05) is 13.8 Å². The van der Waals surface area contributed by atoms with Gasteiger partial charge in [-0.2, -0.15) is 0 Å². The molecule has 1 amide bonds. The van der Waals surface area contributed by atoms with Gasteiger partial charge in [-0.25, -0.2) is 4.79 Å². The highest BCUT2D eigenvalue weighted by Gasteiger charge is 2.24. The van der Waals surface area contributed by atoms with Crippen LogP contribution in [0.2, 0.25) is 0 Å². The number of hydrogen-bond donors (Lipinski definition) is 1. The van der Waals surface area contributed by atoms with Crippen LogP contribution in [0.4, 0.5) is 5.00 Å². The van der Waals surface area contributed by atoms with Gasteiger partial charge in [0.2, 0.25) is 5.91 Å². The number of aryl methyl sites for hydroxylation is 1. The highest BCUT2D eigenvalue weighted by molar-refractivity contribution is 7.16. The van der Waals surface area contributed by atoms with Crippen LogP contribution in [-0.2, 0) is 16.0 Å². The van der Waals surface area contributed by atoms with Gasteiger partial charge in [0.15, 0.2) is 0 Å². The molecule has 0 spiro atoms. The predicted octanol–water partition coefficient (Wildman–Crippen LogP) is 2.37. The van der Waals surface area contributed by atoms with Crippen molar-refractivity contribution in [3.8, 4) is 0 Å². The third-order valence-electron chi connectivity index (χ3n) is 4.57. The molecular weight excluding hydrogens is 338 g/mol. The Labute approximate surface area is 154 Å². The minimum atomic E-state index is -0.351. The first-order valence-corrected chi connectivity index (χ1v) is 9.85. The Morgan fingerprint density at radius 1 is 1.12 bits per heavy atom. The van der Waals surface area contributed by atoms with Crippen molar-refractivity contribution < 1.29 is 14.3 Å². The van der Waals surface area contributed by atoms with Crippen LogP contribution in [0.3, 0.4) is 0 Å². The lowest BCUT2D eigenvalue weighted by Crippen LogP contribution is -2.48. The van der Waals surface area contributed by atoms with Gasteiger partial charge in [0, 0.05) is 31.1 Å². The number of rotatable bonds is 7. The topological polar surface area (TPSA) is 61.9 Å². The van der Waals surface area contributed by atoms with Crippen LogP contribution in [0.5, 0.6) is 0 Å². The van der Waals surface area contributed by atoms with Gasteiger partial charge < -0.3 is 15.0 Å². The van der Waals surface area contributed by atoms with Gasteiger partial charge in [0.05, 0.1) is 18.7 Å². The van der Waals surface area contributed by atoms with E-state index in [-0.39, 0.29) is 11.9 Å².